The van der Waals surface area contributed by atoms with Crippen LogP contribution in [0.1, 0.15) is 17.8 Å². The van der Waals surface area contributed by atoms with Gasteiger partial charge >= 0.3 is 18.2 Å². The highest BCUT2D eigenvalue weighted by atomic mass is 19.4. The lowest BCUT2D eigenvalue weighted by molar-refractivity contribution is -0.226. The molecular formula is C18H20F3N5O3. The Morgan fingerprint density at radius 3 is 2.66 bits per heavy atom. The molecule has 8 nitrogen and oxygen atoms in total. The van der Waals surface area contributed by atoms with Crippen LogP contribution < -0.4 is 5.32 Å². The van der Waals surface area contributed by atoms with Gasteiger partial charge in [-0.05, 0) is 30.5 Å². The van der Waals surface area contributed by atoms with Crippen LogP contribution in [0, 0.1) is 5.41 Å². The van der Waals surface area contributed by atoms with Crippen molar-refractivity contribution in [3.8, 4) is 0 Å². The Bertz CT molecular complexity index is 914. The van der Waals surface area contributed by atoms with Gasteiger partial charge in [-0.3, -0.25) is 4.79 Å². The minimum absolute atomic E-state index is 0.288. The molecule has 2 heterocycles. The first-order chi connectivity index (χ1) is 13.6. The molecule has 1 atom stereocenters. The van der Waals surface area contributed by atoms with E-state index in [2.05, 4.69) is 15.5 Å². The number of anilines is 1. The second-order valence-electron chi connectivity index (χ2n) is 7.05. The molecule has 1 aliphatic rings. The number of urea groups is 1. The van der Waals surface area contributed by atoms with Crippen LogP contribution in [0.5, 0.6) is 0 Å². The number of hydrogen-bond donors (Lipinski definition) is 2. The number of amides is 2. The van der Waals surface area contributed by atoms with Gasteiger partial charge in [-0.25, -0.2) is 4.79 Å². The molecule has 2 aromatic rings. The Labute approximate surface area is 164 Å². The number of benzene rings is 1. The third-order valence-electron chi connectivity index (χ3n) is 5.13. The van der Waals surface area contributed by atoms with Crippen molar-refractivity contribution in [2.24, 2.45) is 12.5 Å². The minimum Gasteiger partial charge on any atom is -0.481 e. The van der Waals surface area contributed by atoms with Gasteiger partial charge in [0.15, 0.2) is 5.41 Å². The van der Waals surface area contributed by atoms with Crippen LogP contribution >= 0.6 is 0 Å². The van der Waals surface area contributed by atoms with Gasteiger partial charge in [-0.2, -0.15) is 13.2 Å². The number of carbonyl (C=O) groups excluding carboxylic acids is 1. The van der Waals surface area contributed by atoms with Crippen LogP contribution in [-0.2, 0) is 24.7 Å². The van der Waals surface area contributed by atoms with E-state index in [1.807, 2.05) is 13.1 Å². The van der Waals surface area contributed by atoms with Crippen LogP contribution in [0.3, 0.4) is 0 Å². The van der Waals surface area contributed by atoms with Crippen molar-refractivity contribution >= 4 is 17.7 Å². The first-order valence-electron chi connectivity index (χ1n) is 8.90. The van der Waals surface area contributed by atoms with Crippen LogP contribution in [0.4, 0.5) is 23.7 Å². The summed E-state index contributed by atoms with van der Waals surface area (Å²) in [5.41, 5.74) is -1.60. The normalized spacial score (nSPS) is 19.4. The zero-order valence-corrected chi connectivity index (χ0v) is 15.6. The van der Waals surface area contributed by atoms with E-state index in [9.17, 15) is 22.8 Å². The summed E-state index contributed by atoms with van der Waals surface area (Å²) < 4.78 is 41.6. The van der Waals surface area contributed by atoms with Gasteiger partial charge in [0.2, 0.25) is 0 Å². The number of aryl methyl sites for hydroxylation is 3. The molecule has 3 rings (SSSR count). The molecule has 2 N–H and O–H groups in total. The molecule has 0 spiro atoms. The summed E-state index contributed by atoms with van der Waals surface area (Å²) in [4.78, 5) is 24.5. The highest BCUT2D eigenvalue weighted by Crippen LogP contribution is 2.45. The van der Waals surface area contributed by atoms with Gasteiger partial charge in [0.05, 0.1) is 0 Å². The molecule has 1 unspecified atom stereocenters. The number of halogens is 3. The van der Waals surface area contributed by atoms with E-state index in [1.165, 1.54) is 0 Å². The molecule has 1 aromatic carbocycles. The lowest BCUT2D eigenvalue weighted by Crippen LogP contribution is -2.48. The Hall–Kier alpha value is -3.11. The van der Waals surface area contributed by atoms with Crippen molar-refractivity contribution in [2.45, 2.75) is 25.4 Å². The SMILES string of the molecule is Cn1cnnc1CCc1cccc(NC(=O)N2CCC(C(=O)O)(C(F)(F)F)C2)c1. The second-order valence-corrected chi connectivity index (χ2v) is 7.05. The second kappa shape index (κ2) is 7.72. The number of aliphatic carboxylic acids is 1. The molecule has 0 bridgehead atoms. The fourth-order valence-electron chi connectivity index (χ4n) is 3.31. The van der Waals surface area contributed by atoms with Gasteiger partial charge < -0.3 is 19.9 Å². The molecule has 0 aliphatic carbocycles. The average Bonchev–Trinajstić information content (AvgIpc) is 3.27. The number of rotatable bonds is 5. The number of carboxylic acid groups (broad SMARTS) is 1. The smallest absolute Gasteiger partial charge is 0.406 e. The van der Waals surface area contributed by atoms with Crippen LogP contribution in [0.2, 0.25) is 0 Å². The molecule has 1 saturated heterocycles. The maximum absolute atomic E-state index is 13.3. The average molecular weight is 411 g/mol. The van der Waals surface area contributed by atoms with E-state index in [0.717, 1.165) is 16.3 Å². The highest BCUT2D eigenvalue weighted by Gasteiger charge is 2.64. The molecule has 156 valence electrons. The fraction of sp³-hybridized carbons (Fsp3) is 0.444. The first kappa shape index (κ1) is 20.6. The Morgan fingerprint density at radius 2 is 2.07 bits per heavy atom. The first-order valence-corrected chi connectivity index (χ1v) is 8.90. The Kier molecular flexibility index (Phi) is 5.49. The van der Waals surface area contributed by atoms with E-state index < -0.39 is 36.6 Å². The summed E-state index contributed by atoms with van der Waals surface area (Å²) in [6.45, 7) is -1.20. The van der Waals surface area contributed by atoms with Crippen molar-refractivity contribution in [2.75, 3.05) is 18.4 Å². The quantitative estimate of drug-likeness (QED) is 0.787. The maximum atomic E-state index is 13.3. The lowest BCUT2D eigenvalue weighted by atomic mass is 9.86. The standard InChI is InChI=1S/C18H20F3N5O3/c1-25-11-22-24-14(25)6-5-12-3-2-4-13(9-12)23-16(29)26-8-7-17(10-26,15(27)28)18(19,20)21/h2-4,9,11H,5-8,10H2,1H3,(H,23,29)(H,27,28). The van der Waals surface area contributed by atoms with Gasteiger partial charge in [0.25, 0.3) is 0 Å². The number of alkyl halides is 3. The van der Waals surface area contributed by atoms with E-state index in [0.29, 0.717) is 18.5 Å². The third kappa shape index (κ3) is 4.17. The van der Waals surface area contributed by atoms with E-state index in [1.54, 1.807) is 29.1 Å². The van der Waals surface area contributed by atoms with Crippen molar-refractivity contribution in [3.05, 3.63) is 42.0 Å². The number of nitrogens with zero attached hydrogens (tertiary/aromatic N) is 4. The summed E-state index contributed by atoms with van der Waals surface area (Å²) in [7, 11) is 1.83. The largest absolute Gasteiger partial charge is 0.481 e. The molecule has 1 fully saturated rings. The van der Waals surface area contributed by atoms with E-state index in [4.69, 9.17) is 5.11 Å². The number of likely N-dealkylation sites (tertiary alicyclic amines) is 1. The van der Waals surface area contributed by atoms with E-state index >= 15 is 0 Å². The van der Waals surface area contributed by atoms with Gasteiger partial charge in [0.1, 0.15) is 12.2 Å². The Morgan fingerprint density at radius 1 is 1.31 bits per heavy atom. The van der Waals surface area contributed by atoms with Gasteiger partial charge in [-0.1, -0.05) is 12.1 Å². The van der Waals surface area contributed by atoms with E-state index in [-0.39, 0.29) is 6.54 Å². The predicted octanol–water partition coefficient (Wildman–Crippen LogP) is 2.47. The number of carboxylic acids is 1. The molecule has 0 saturated carbocycles. The summed E-state index contributed by atoms with van der Waals surface area (Å²) in [6.07, 6.45) is -2.74. The molecule has 1 aromatic heterocycles. The summed E-state index contributed by atoms with van der Waals surface area (Å²) >= 11 is 0. The summed E-state index contributed by atoms with van der Waals surface area (Å²) in [5, 5.41) is 19.4. The van der Waals surface area contributed by atoms with Crippen molar-refractivity contribution in [1.29, 1.82) is 0 Å². The van der Waals surface area contributed by atoms with Crippen LogP contribution in [0.15, 0.2) is 30.6 Å². The van der Waals surface area contributed by atoms with Crippen LogP contribution in [-0.4, -0.2) is 56.0 Å². The molecular weight excluding hydrogens is 391 g/mol. The maximum Gasteiger partial charge on any atom is 0.406 e. The summed E-state index contributed by atoms with van der Waals surface area (Å²) in [6, 6.07) is 6.17. The van der Waals surface area contributed by atoms with Gasteiger partial charge in [0, 0.05) is 32.2 Å². The van der Waals surface area contributed by atoms with Crippen molar-refractivity contribution in [3.63, 3.8) is 0 Å². The fourth-order valence-corrected chi connectivity index (χ4v) is 3.31. The zero-order valence-electron chi connectivity index (χ0n) is 15.6. The molecule has 0 radical (unpaired) electrons. The highest BCUT2D eigenvalue weighted by molar-refractivity contribution is 5.90. The van der Waals surface area contributed by atoms with Crippen LogP contribution in [0.25, 0.3) is 0 Å². The number of hydrogen-bond acceptors (Lipinski definition) is 4. The van der Waals surface area contributed by atoms with Crippen molar-refractivity contribution < 1.29 is 27.9 Å². The molecule has 2 amide bonds. The molecule has 1 aliphatic heterocycles. The number of nitrogens with one attached hydrogen (secondary N) is 1. The Balaban J connectivity index is 1.64. The monoisotopic (exact) mass is 411 g/mol. The topological polar surface area (TPSA) is 100 Å². The summed E-state index contributed by atoms with van der Waals surface area (Å²) in [5.74, 6) is -1.17. The molecule has 11 heteroatoms. The van der Waals surface area contributed by atoms with Gasteiger partial charge in [-0.15, -0.1) is 10.2 Å². The lowest BCUT2D eigenvalue weighted by Gasteiger charge is -2.27. The number of aromatic nitrogens is 3. The third-order valence-corrected chi connectivity index (χ3v) is 5.13. The zero-order chi connectivity index (χ0) is 21.2. The number of carbonyl (C=O) groups is 2. The minimum atomic E-state index is -4.94. The molecule has 29 heavy (non-hydrogen) atoms. The predicted molar refractivity (Wildman–Crippen MR) is 96.2 cm³/mol. The van der Waals surface area contributed by atoms with Crippen molar-refractivity contribution in [1.82, 2.24) is 19.7 Å².